The molecule has 0 aromatic rings. The minimum atomic E-state index is -0.138. The molecule has 0 saturated heterocycles. The average molecular weight is 269 g/mol. The van der Waals surface area contributed by atoms with Gasteiger partial charge >= 0.3 is 5.97 Å². The molecule has 1 spiro atoms. The van der Waals surface area contributed by atoms with Crippen molar-refractivity contribution in [3.63, 3.8) is 0 Å². The van der Waals surface area contributed by atoms with Crippen LogP contribution in [0.25, 0.3) is 0 Å². The van der Waals surface area contributed by atoms with Crippen LogP contribution in [0.15, 0.2) is 0 Å². The quantitative estimate of drug-likeness (QED) is 0.751. The Hall–Kier alpha value is -0.610. The third-order valence-corrected chi connectivity index (χ3v) is 4.87. The Kier molecular flexibility index (Phi) is 4.85. The Bertz CT molecular complexity index is 313. The number of hydrogen-bond donors (Lipinski definition) is 1. The van der Waals surface area contributed by atoms with Crippen molar-refractivity contribution in [2.75, 3.05) is 13.7 Å². The molecule has 4 nitrogen and oxygen atoms in total. The summed E-state index contributed by atoms with van der Waals surface area (Å²) < 4.78 is 10.6. The monoisotopic (exact) mass is 269 g/mol. The summed E-state index contributed by atoms with van der Waals surface area (Å²) in [6, 6.07) is 0.684. The van der Waals surface area contributed by atoms with E-state index in [1.54, 1.807) is 0 Å². The van der Waals surface area contributed by atoms with Crippen LogP contribution in [0.4, 0.5) is 0 Å². The van der Waals surface area contributed by atoms with Gasteiger partial charge in [-0.2, -0.15) is 0 Å². The van der Waals surface area contributed by atoms with Crippen LogP contribution in [0, 0.1) is 5.41 Å². The molecule has 0 aliphatic heterocycles. The zero-order chi connectivity index (χ0) is 13.9. The van der Waals surface area contributed by atoms with E-state index in [9.17, 15) is 4.79 Å². The van der Waals surface area contributed by atoms with Gasteiger partial charge in [-0.15, -0.1) is 0 Å². The van der Waals surface area contributed by atoms with Crippen molar-refractivity contribution in [2.24, 2.45) is 5.41 Å². The van der Waals surface area contributed by atoms with Gasteiger partial charge in [0.1, 0.15) is 0 Å². The summed E-state index contributed by atoms with van der Waals surface area (Å²) in [6.45, 7) is 4.94. The van der Waals surface area contributed by atoms with E-state index in [2.05, 4.69) is 19.2 Å². The Balaban J connectivity index is 1.88. The van der Waals surface area contributed by atoms with Crippen molar-refractivity contribution < 1.29 is 14.3 Å². The first-order chi connectivity index (χ1) is 9.12. The molecule has 0 radical (unpaired) electrons. The molecule has 19 heavy (non-hydrogen) atoms. The van der Waals surface area contributed by atoms with Gasteiger partial charge < -0.3 is 14.8 Å². The molecule has 0 unspecified atom stereocenters. The normalized spacial score (nSPS) is 30.1. The molecule has 2 rings (SSSR count). The predicted octanol–water partition coefficient (Wildman–Crippen LogP) is 2.27. The van der Waals surface area contributed by atoms with Crippen LogP contribution < -0.4 is 5.32 Å². The summed E-state index contributed by atoms with van der Waals surface area (Å²) in [5.74, 6) is -0.138. The first-order valence-corrected chi connectivity index (χ1v) is 7.57. The van der Waals surface area contributed by atoms with E-state index in [1.165, 1.54) is 32.8 Å². The maximum atomic E-state index is 11.3. The van der Waals surface area contributed by atoms with Gasteiger partial charge in [0.2, 0.25) is 0 Å². The molecule has 1 N–H and O–H groups in total. The maximum Gasteiger partial charge on any atom is 0.307 e. The topological polar surface area (TPSA) is 47.6 Å². The minimum Gasteiger partial charge on any atom is -0.469 e. The molecule has 0 bridgehead atoms. The largest absolute Gasteiger partial charge is 0.469 e. The zero-order valence-corrected chi connectivity index (χ0v) is 12.4. The Morgan fingerprint density at radius 3 is 2.68 bits per heavy atom. The highest BCUT2D eigenvalue weighted by Crippen LogP contribution is 2.54. The average Bonchev–Trinajstić information content (AvgIpc) is 2.89. The fourth-order valence-electron chi connectivity index (χ4n) is 3.86. The Morgan fingerprint density at radius 1 is 1.42 bits per heavy atom. The van der Waals surface area contributed by atoms with Crippen molar-refractivity contribution in [1.29, 1.82) is 0 Å². The summed E-state index contributed by atoms with van der Waals surface area (Å²) in [5, 5.41) is 3.62. The second-order valence-electron chi connectivity index (χ2n) is 6.02. The van der Waals surface area contributed by atoms with Crippen molar-refractivity contribution in [3.8, 4) is 0 Å². The molecule has 0 aromatic heterocycles. The second-order valence-corrected chi connectivity index (χ2v) is 6.02. The van der Waals surface area contributed by atoms with Crippen molar-refractivity contribution >= 4 is 5.97 Å². The molecule has 0 heterocycles. The van der Waals surface area contributed by atoms with Crippen molar-refractivity contribution in [3.05, 3.63) is 0 Å². The molecule has 0 amide bonds. The highest BCUT2D eigenvalue weighted by atomic mass is 16.5. The molecule has 2 fully saturated rings. The van der Waals surface area contributed by atoms with Crippen LogP contribution in [-0.2, 0) is 14.3 Å². The minimum absolute atomic E-state index is 0.138. The van der Waals surface area contributed by atoms with E-state index in [4.69, 9.17) is 9.47 Å². The summed E-state index contributed by atoms with van der Waals surface area (Å²) in [6.07, 6.45) is 7.10. The van der Waals surface area contributed by atoms with Crippen LogP contribution in [0.3, 0.4) is 0 Å². The predicted molar refractivity (Wildman–Crippen MR) is 74.0 cm³/mol. The number of carbonyl (C=O) groups is 1. The fraction of sp³-hybridized carbons (Fsp3) is 0.933. The molecular weight excluding hydrogens is 242 g/mol. The molecule has 2 saturated carbocycles. The number of rotatable bonds is 6. The standard InChI is InChI=1S/C15H27NO3/c1-4-19-13-10-12(15(13)7-5-6-8-15)16-11(2)9-14(17)18-3/h11-13,16H,4-10H2,1-3H3/t11-,12-,13+/m0/s1. The van der Waals surface area contributed by atoms with E-state index in [-0.39, 0.29) is 12.0 Å². The van der Waals surface area contributed by atoms with E-state index in [0.717, 1.165) is 13.0 Å². The lowest BCUT2D eigenvalue weighted by Gasteiger charge is -2.55. The molecule has 0 aromatic carbocycles. The smallest absolute Gasteiger partial charge is 0.307 e. The van der Waals surface area contributed by atoms with Gasteiger partial charge in [0.25, 0.3) is 0 Å². The van der Waals surface area contributed by atoms with Crippen molar-refractivity contribution in [2.45, 2.75) is 70.6 Å². The fourth-order valence-corrected chi connectivity index (χ4v) is 3.86. The van der Waals surface area contributed by atoms with Crippen LogP contribution in [0.5, 0.6) is 0 Å². The molecule has 110 valence electrons. The highest BCUT2D eigenvalue weighted by molar-refractivity contribution is 5.69. The van der Waals surface area contributed by atoms with E-state index < -0.39 is 0 Å². The lowest BCUT2D eigenvalue weighted by atomic mass is 9.60. The van der Waals surface area contributed by atoms with Gasteiger partial charge in [-0.05, 0) is 33.1 Å². The van der Waals surface area contributed by atoms with Gasteiger partial charge in [-0.3, -0.25) is 4.79 Å². The van der Waals surface area contributed by atoms with E-state index in [0.29, 0.717) is 24.0 Å². The number of esters is 1. The third-order valence-electron chi connectivity index (χ3n) is 4.87. The third kappa shape index (κ3) is 2.95. The summed E-state index contributed by atoms with van der Waals surface area (Å²) in [7, 11) is 1.45. The van der Waals surface area contributed by atoms with Crippen LogP contribution in [0.1, 0.15) is 52.4 Å². The van der Waals surface area contributed by atoms with E-state index >= 15 is 0 Å². The number of hydrogen-bond acceptors (Lipinski definition) is 4. The lowest BCUT2D eigenvalue weighted by molar-refractivity contribution is -0.143. The molecule has 4 heteroatoms. The van der Waals surface area contributed by atoms with Gasteiger partial charge in [0.05, 0.1) is 19.6 Å². The Morgan fingerprint density at radius 2 is 2.11 bits per heavy atom. The Labute approximate surface area is 116 Å². The first-order valence-electron chi connectivity index (χ1n) is 7.57. The molecule has 2 aliphatic carbocycles. The van der Waals surface area contributed by atoms with Gasteiger partial charge in [0, 0.05) is 24.1 Å². The second kappa shape index (κ2) is 6.23. The number of nitrogens with one attached hydrogen (secondary N) is 1. The summed E-state index contributed by atoms with van der Waals surface area (Å²) >= 11 is 0. The molecular formula is C15H27NO3. The zero-order valence-electron chi connectivity index (χ0n) is 12.4. The SMILES string of the molecule is CCO[C@@H]1C[C@H](N[C@@H](C)CC(=O)OC)C12CCCC2. The highest BCUT2D eigenvalue weighted by Gasteiger charge is 2.56. The van der Waals surface area contributed by atoms with Crippen LogP contribution >= 0.6 is 0 Å². The molecule has 3 atom stereocenters. The van der Waals surface area contributed by atoms with Gasteiger partial charge in [-0.1, -0.05) is 12.8 Å². The summed E-state index contributed by atoms with van der Waals surface area (Å²) in [4.78, 5) is 11.3. The number of carbonyl (C=O) groups excluding carboxylic acids is 1. The molecule has 2 aliphatic rings. The summed E-state index contributed by atoms with van der Waals surface area (Å²) in [5.41, 5.74) is 0.334. The number of methoxy groups -OCH3 is 1. The van der Waals surface area contributed by atoms with Gasteiger partial charge in [0.15, 0.2) is 0 Å². The first kappa shape index (κ1) is 14.8. The lowest BCUT2D eigenvalue weighted by Crippen LogP contribution is -2.64. The van der Waals surface area contributed by atoms with E-state index in [1.807, 2.05) is 0 Å². The van der Waals surface area contributed by atoms with Gasteiger partial charge in [-0.25, -0.2) is 0 Å². The van der Waals surface area contributed by atoms with Crippen molar-refractivity contribution in [1.82, 2.24) is 5.32 Å². The van der Waals surface area contributed by atoms with Crippen LogP contribution in [0.2, 0.25) is 0 Å². The van der Waals surface area contributed by atoms with Crippen LogP contribution in [-0.4, -0.2) is 37.9 Å². The number of ether oxygens (including phenoxy) is 2. The maximum absolute atomic E-state index is 11.3.